The van der Waals surface area contributed by atoms with Crippen LogP contribution in [0.2, 0.25) is 0 Å². The van der Waals surface area contributed by atoms with Crippen LogP contribution in [0.3, 0.4) is 0 Å². The van der Waals surface area contributed by atoms with Crippen LogP contribution in [0.1, 0.15) is 16.1 Å². The van der Waals surface area contributed by atoms with Gasteiger partial charge in [-0.2, -0.15) is 5.10 Å². The molecule has 0 saturated heterocycles. The quantitative estimate of drug-likeness (QED) is 0.446. The monoisotopic (exact) mass is 401 g/mol. The smallest absolute Gasteiger partial charge is 0.270 e. The molecule has 0 aliphatic carbocycles. The number of aromatic nitrogens is 2. The summed E-state index contributed by atoms with van der Waals surface area (Å²) in [5, 5.41) is 9.69. The minimum Gasteiger partial charge on any atom is -0.496 e. The topological polar surface area (TPSA) is 76.2 Å². The van der Waals surface area contributed by atoms with Gasteiger partial charge in [0, 0.05) is 5.56 Å². The van der Waals surface area contributed by atoms with Crippen molar-refractivity contribution in [3.63, 3.8) is 0 Å². The summed E-state index contributed by atoms with van der Waals surface area (Å²) in [5.74, 6) is 6.98. The molecule has 6 heteroatoms. The van der Waals surface area contributed by atoms with Crippen molar-refractivity contribution in [1.82, 2.24) is 15.5 Å². The van der Waals surface area contributed by atoms with Crippen molar-refractivity contribution in [2.45, 2.75) is 6.42 Å². The molecule has 30 heavy (non-hydrogen) atoms. The van der Waals surface area contributed by atoms with Gasteiger partial charge in [-0.25, -0.2) is 0 Å². The Hall–Kier alpha value is -3.98. The van der Waals surface area contributed by atoms with Crippen LogP contribution < -0.4 is 14.8 Å². The Balaban J connectivity index is 1.50. The van der Waals surface area contributed by atoms with Crippen molar-refractivity contribution in [2.75, 3.05) is 20.3 Å². The summed E-state index contributed by atoms with van der Waals surface area (Å²) in [6.45, 7) is 4.20. The number of hydrogen-bond acceptors (Lipinski definition) is 4. The molecule has 0 aliphatic rings. The van der Waals surface area contributed by atoms with Crippen molar-refractivity contribution in [2.24, 2.45) is 0 Å². The Morgan fingerprint density at radius 2 is 1.93 bits per heavy atom. The molecule has 0 saturated carbocycles. The number of aromatic amines is 1. The predicted molar refractivity (Wildman–Crippen MR) is 117 cm³/mol. The number of nitrogens with one attached hydrogen (secondary N) is 2. The van der Waals surface area contributed by atoms with Crippen LogP contribution in [0.15, 0.2) is 67.3 Å². The van der Waals surface area contributed by atoms with Gasteiger partial charge in [-0.1, -0.05) is 48.2 Å². The number of carbonyl (C=O) groups is 1. The van der Waals surface area contributed by atoms with Crippen LogP contribution in [-0.2, 0) is 6.42 Å². The number of para-hydroxylation sites is 2. The number of carbonyl (C=O) groups excluding carboxylic acids is 1. The standard InChI is InChI=1S/C24H23N3O3/c1-3-10-18-11-4-6-13-22(18)30-16-9-8-15-25-24(28)21-17-20(26-27-21)19-12-5-7-14-23(19)29-2/h3-7,11-14,17H,1,10,15-16H2,2H3,(H,25,28)(H,26,27). The number of allylic oxidation sites excluding steroid dienone is 1. The third kappa shape index (κ3) is 5.30. The van der Waals surface area contributed by atoms with Crippen LogP contribution in [0.4, 0.5) is 0 Å². The van der Waals surface area contributed by atoms with Crippen LogP contribution in [0.25, 0.3) is 11.3 Å². The van der Waals surface area contributed by atoms with E-state index in [1.165, 1.54) is 0 Å². The third-order valence-electron chi connectivity index (χ3n) is 4.30. The van der Waals surface area contributed by atoms with Gasteiger partial charge in [-0.15, -0.1) is 6.58 Å². The maximum atomic E-state index is 12.3. The van der Waals surface area contributed by atoms with Crippen LogP contribution in [0.5, 0.6) is 11.5 Å². The van der Waals surface area contributed by atoms with Crippen LogP contribution in [0, 0.1) is 11.8 Å². The maximum Gasteiger partial charge on any atom is 0.270 e. The lowest BCUT2D eigenvalue weighted by atomic mass is 10.1. The molecule has 2 N–H and O–H groups in total. The van der Waals surface area contributed by atoms with E-state index in [0.717, 1.165) is 23.3 Å². The van der Waals surface area contributed by atoms with E-state index in [0.29, 0.717) is 17.1 Å². The summed E-state index contributed by atoms with van der Waals surface area (Å²) in [7, 11) is 1.60. The van der Waals surface area contributed by atoms with Crippen molar-refractivity contribution < 1.29 is 14.3 Å². The number of nitrogens with zero attached hydrogens (tertiary/aromatic N) is 1. The van der Waals surface area contributed by atoms with Crippen molar-refractivity contribution in [3.05, 3.63) is 78.5 Å². The van der Waals surface area contributed by atoms with Crippen LogP contribution >= 0.6 is 0 Å². The summed E-state index contributed by atoms with van der Waals surface area (Å²) in [6.07, 6.45) is 2.57. The van der Waals surface area contributed by atoms with Gasteiger partial charge < -0.3 is 14.8 Å². The molecule has 0 spiro atoms. The fourth-order valence-electron chi connectivity index (χ4n) is 2.85. The van der Waals surface area contributed by atoms with Gasteiger partial charge in [0.2, 0.25) is 0 Å². The Bertz CT molecular complexity index is 1080. The third-order valence-corrected chi connectivity index (χ3v) is 4.30. The van der Waals surface area contributed by atoms with E-state index < -0.39 is 0 Å². The van der Waals surface area contributed by atoms with E-state index in [-0.39, 0.29) is 19.1 Å². The first-order valence-corrected chi connectivity index (χ1v) is 9.47. The zero-order valence-electron chi connectivity index (χ0n) is 16.8. The van der Waals surface area contributed by atoms with Gasteiger partial charge in [0.1, 0.15) is 23.8 Å². The Morgan fingerprint density at radius 1 is 1.17 bits per heavy atom. The molecule has 0 unspecified atom stereocenters. The van der Waals surface area contributed by atoms with Gasteiger partial charge in [0.15, 0.2) is 0 Å². The van der Waals surface area contributed by atoms with Crippen LogP contribution in [-0.4, -0.2) is 36.4 Å². The fourth-order valence-corrected chi connectivity index (χ4v) is 2.85. The molecule has 2 aromatic carbocycles. The molecule has 0 bridgehead atoms. The van der Waals surface area contributed by atoms with E-state index in [9.17, 15) is 4.79 Å². The lowest BCUT2D eigenvalue weighted by Crippen LogP contribution is -2.24. The lowest BCUT2D eigenvalue weighted by Gasteiger charge is -2.07. The Labute approximate surface area is 175 Å². The molecule has 0 fully saturated rings. The number of amides is 1. The van der Waals surface area contributed by atoms with Gasteiger partial charge in [-0.3, -0.25) is 9.89 Å². The van der Waals surface area contributed by atoms with Gasteiger partial charge in [-0.05, 0) is 36.2 Å². The maximum absolute atomic E-state index is 12.3. The summed E-state index contributed by atoms with van der Waals surface area (Å²) in [6, 6.07) is 16.9. The number of methoxy groups -OCH3 is 1. The number of H-pyrrole nitrogens is 1. The summed E-state index contributed by atoms with van der Waals surface area (Å²) >= 11 is 0. The van der Waals surface area contributed by atoms with E-state index >= 15 is 0 Å². The molecule has 3 aromatic rings. The van der Waals surface area contributed by atoms with Crippen molar-refractivity contribution >= 4 is 5.91 Å². The van der Waals surface area contributed by atoms with E-state index in [1.807, 2.05) is 54.6 Å². The number of benzene rings is 2. The van der Waals surface area contributed by atoms with Gasteiger partial charge in [0.25, 0.3) is 5.91 Å². The normalized spacial score (nSPS) is 9.90. The molecular formula is C24H23N3O3. The number of ether oxygens (including phenoxy) is 2. The SMILES string of the molecule is C=CCc1ccccc1OCC#CCNC(=O)c1cc(-c2ccccc2OC)n[nH]1. The molecule has 6 nitrogen and oxygen atoms in total. The van der Waals surface area contributed by atoms with Crippen molar-refractivity contribution in [1.29, 1.82) is 0 Å². The summed E-state index contributed by atoms with van der Waals surface area (Å²) in [4.78, 5) is 12.3. The summed E-state index contributed by atoms with van der Waals surface area (Å²) in [5.41, 5.74) is 2.86. The second kappa shape index (κ2) is 10.5. The minimum absolute atomic E-state index is 0.208. The number of hydrogen-bond donors (Lipinski definition) is 2. The van der Waals surface area contributed by atoms with Crippen molar-refractivity contribution in [3.8, 4) is 34.6 Å². The van der Waals surface area contributed by atoms with E-state index in [4.69, 9.17) is 9.47 Å². The Morgan fingerprint density at radius 3 is 2.73 bits per heavy atom. The van der Waals surface area contributed by atoms with Gasteiger partial charge >= 0.3 is 0 Å². The molecule has 3 rings (SSSR count). The predicted octanol–water partition coefficient (Wildman–Crippen LogP) is 3.63. The molecule has 1 aromatic heterocycles. The summed E-state index contributed by atoms with van der Waals surface area (Å²) < 4.78 is 11.0. The first-order chi connectivity index (χ1) is 14.7. The van der Waals surface area contributed by atoms with Gasteiger partial charge in [0.05, 0.1) is 19.3 Å². The number of rotatable bonds is 8. The molecule has 0 aliphatic heterocycles. The molecular weight excluding hydrogens is 378 g/mol. The highest BCUT2D eigenvalue weighted by Gasteiger charge is 2.12. The zero-order chi connectivity index (χ0) is 21.2. The molecule has 1 amide bonds. The average molecular weight is 401 g/mol. The highest BCUT2D eigenvalue weighted by Crippen LogP contribution is 2.28. The highest BCUT2D eigenvalue weighted by atomic mass is 16.5. The Kier molecular flexibility index (Phi) is 7.28. The van der Waals surface area contributed by atoms with E-state index in [1.54, 1.807) is 13.2 Å². The average Bonchev–Trinajstić information content (AvgIpc) is 3.27. The largest absolute Gasteiger partial charge is 0.496 e. The first-order valence-electron chi connectivity index (χ1n) is 9.47. The second-order valence-corrected chi connectivity index (χ2v) is 6.29. The molecule has 152 valence electrons. The lowest BCUT2D eigenvalue weighted by molar-refractivity contribution is 0.0953. The highest BCUT2D eigenvalue weighted by molar-refractivity contribution is 5.93. The van der Waals surface area contributed by atoms with E-state index in [2.05, 4.69) is 33.9 Å². The molecule has 0 atom stereocenters. The minimum atomic E-state index is -0.282. The molecule has 1 heterocycles. The second-order valence-electron chi connectivity index (χ2n) is 6.29. The molecule has 0 radical (unpaired) electrons. The zero-order valence-corrected chi connectivity index (χ0v) is 16.8. The first kappa shape index (κ1) is 20.7. The fraction of sp³-hybridized carbons (Fsp3) is 0.167.